The van der Waals surface area contributed by atoms with Gasteiger partial charge in [-0.1, -0.05) is 12.1 Å². The van der Waals surface area contributed by atoms with Gasteiger partial charge in [0.25, 0.3) is 5.91 Å². The van der Waals surface area contributed by atoms with Crippen LogP contribution in [0.2, 0.25) is 0 Å². The fourth-order valence-electron chi connectivity index (χ4n) is 2.89. The van der Waals surface area contributed by atoms with Crippen molar-refractivity contribution in [2.24, 2.45) is 0 Å². The van der Waals surface area contributed by atoms with Gasteiger partial charge in [0.2, 0.25) is 0 Å². The van der Waals surface area contributed by atoms with Crippen LogP contribution in [0.25, 0.3) is 0 Å². The summed E-state index contributed by atoms with van der Waals surface area (Å²) in [5, 5.41) is 6.34. The first-order valence-corrected chi connectivity index (χ1v) is 9.46. The lowest BCUT2D eigenvalue weighted by Crippen LogP contribution is -2.30. The number of halogens is 3. The summed E-state index contributed by atoms with van der Waals surface area (Å²) in [7, 11) is 0. The molecular weight excluding hydrogens is 379 g/mol. The monoisotopic (exact) mass is 399 g/mol. The lowest BCUT2D eigenvalue weighted by Gasteiger charge is -2.20. The molecule has 0 saturated carbocycles. The molecule has 27 heavy (non-hydrogen) atoms. The van der Waals surface area contributed by atoms with E-state index in [9.17, 15) is 18.0 Å². The van der Waals surface area contributed by atoms with Crippen molar-refractivity contribution in [3.63, 3.8) is 0 Å². The lowest BCUT2D eigenvalue weighted by molar-refractivity contribution is -0.140. The highest BCUT2D eigenvalue weighted by Gasteiger charge is 2.35. The van der Waals surface area contributed by atoms with Crippen molar-refractivity contribution in [1.82, 2.24) is 10.3 Å². The van der Waals surface area contributed by atoms with Gasteiger partial charge in [0.1, 0.15) is 5.75 Å². The lowest BCUT2D eigenvalue weighted by atomic mass is 9.97. The molecule has 1 aromatic heterocycles. The number of amides is 1. The minimum atomic E-state index is -4.55. The summed E-state index contributed by atoms with van der Waals surface area (Å²) < 4.78 is 44.4. The average molecular weight is 399 g/mol. The zero-order valence-electron chi connectivity index (χ0n) is 14.7. The average Bonchev–Trinajstić information content (AvgIpc) is 3.10. The summed E-state index contributed by atoms with van der Waals surface area (Å²) in [6, 6.07) is 4.83. The number of carbonyl (C=O) groups excluding carboxylic acids is 1. The standard InChI is InChI=1S/C18H20F3N3O2S/c1-11(26-14-5-3-2-4-13(14)18(19,20)21)16(25)24-17-23-10-15(27-17)12-6-8-22-9-7-12/h2-5,10-12,22H,6-9H2,1H3,(H,23,24,25). The van der Waals surface area contributed by atoms with Crippen LogP contribution in [-0.4, -0.2) is 30.1 Å². The zero-order valence-corrected chi connectivity index (χ0v) is 15.5. The summed E-state index contributed by atoms with van der Waals surface area (Å²) in [5.74, 6) is -0.498. The maximum absolute atomic E-state index is 13.0. The van der Waals surface area contributed by atoms with E-state index in [0.717, 1.165) is 36.9 Å². The fraction of sp³-hybridized carbons (Fsp3) is 0.444. The summed E-state index contributed by atoms with van der Waals surface area (Å²) >= 11 is 1.39. The normalized spacial score (nSPS) is 16.7. The van der Waals surface area contributed by atoms with Crippen molar-refractivity contribution in [2.45, 2.75) is 38.0 Å². The van der Waals surface area contributed by atoms with E-state index in [1.165, 1.54) is 36.5 Å². The number of benzene rings is 1. The van der Waals surface area contributed by atoms with E-state index >= 15 is 0 Å². The third kappa shape index (κ3) is 4.98. The molecule has 2 heterocycles. The molecule has 1 aliphatic heterocycles. The van der Waals surface area contributed by atoms with Gasteiger partial charge in [0.05, 0.1) is 5.56 Å². The van der Waals surface area contributed by atoms with Gasteiger partial charge in [-0.15, -0.1) is 11.3 Å². The molecule has 1 aromatic carbocycles. The molecule has 1 fully saturated rings. The Bertz CT molecular complexity index is 788. The Hall–Kier alpha value is -2.13. The largest absolute Gasteiger partial charge is 0.480 e. The van der Waals surface area contributed by atoms with E-state index < -0.39 is 23.8 Å². The molecule has 0 spiro atoms. The van der Waals surface area contributed by atoms with E-state index in [-0.39, 0.29) is 5.75 Å². The fourth-order valence-corrected chi connectivity index (χ4v) is 3.88. The van der Waals surface area contributed by atoms with Gasteiger partial charge in [0.15, 0.2) is 11.2 Å². The van der Waals surface area contributed by atoms with Gasteiger partial charge in [-0.25, -0.2) is 4.98 Å². The Labute approximate surface area is 158 Å². The molecule has 1 amide bonds. The number of hydrogen-bond donors (Lipinski definition) is 2. The van der Waals surface area contributed by atoms with Crippen molar-refractivity contribution >= 4 is 22.4 Å². The van der Waals surface area contributed by atoms with Crippen molar-refractivity contribution in [3.8, 4) is 5.75 Å². The Balaban J connectivity index is 1.63. The van der Waals surface area contributed by atoms with Crippen LogP contribution < -0.4 is 15.4 Å². The molecular formula is C18H20F3N3O2S. The van der Waals surface area contributed by atoms with Crippen LogP contribution in [0.3, 0.4) is 0 Å². The number of hydrogen-bond acceptors (Lipinski definition) is 5. The van der Waals surface area contributed by atoms with E-state index in [2.05, 4.69) is 15.6 Å². The van der Waals surface area contributed by atoms with Crippen molar-refractivity contribution < 1.29 is 22.7 Å². The van der Waals surface area contributed by atoms with E-state index in [4.69, 9.17) is 4.74 Å². The minimum absolute atomic E-state index is 0.373. The molecule has 3 rings (SSSR count). The first kappa shape index (κ1) is 19.6. The number of ether oxygens (including phenoxy) is 1. The maximum atomic E-state index is 13.0. The van der Waals surface area contributed by atoms with E-state index in [0.29, 0.717) is 11.0 Å². The van der Waals surface area contributed by atoms with Gasteiger partial charge in [-0.05, 0) is 50.9 Å². The molecule has 1 unspecified atom stereocenters. The molecule has 1 saturated heterocycles. The van der Waals surface area contributed by atoms with Gasteiger partial charge in [-0.2, -0.15) is 13.2 Å². The smallest absolute Gasteiger partial charge is 0.419 e. The number of piperidine rings is 1. The third-order valence-corrected chi connectivity index (χ3v) is 5.44. The molecule has 0 bridgehead atoms. The zero-order chi connectivity index (χ0) is 19.4. The Kier molecular flexibility index (Phi) is 6.01. The van der Waals surface area contributed by atoms with Crippen LogP contribution in [0.4, 0.5) is 18.3 Å². The molecule has 0 aliphatic carbocycles. The number of aromatic nitrogens is 1. The topological polar surface area (TPSA) is 63.2 Å². The molecule has 9 heteroatoms. The van der Waals surface area contributed by atoms with Gasteiger partial charge in [-0.3, -0.25) is 10.1 Å². The predicted octanol–water partition coefficient (Wildman–Crippen LogP) is 4.03. The number of anilines is 1. The van der Waals surface area contributed by atoms with Crippen molar-refractivity contribution in [2.75, 3.05) is 18.4 Å². The molecule has 5 nitrogen and oxygen atoms in total. The first-order valence-electron chi connectivity index (χ1n) is 8.65. The first-order chi connectivity index (χ1) is 12.8. The second-order valence-electron chi connectivity index (χ2n) is 6.34. The summed E-state index contributed by atoms with van der Waals surface area (Å²) in [6.07, 6.45) is -1.86. The number of carbonyl (C=O) groups is 1. The summed E-state index contributed by atoms with van der Waals surface area (Å²) in [4.78, 5) is 17.6. The van der Waals surface area contributed by atoms with Crippen LogP contribution in [-0.2, 0) is 11.0 Å². The number of rotatable bonds is 5. The van der Waals surface area contributed by atoms with Crippen LogP contribution in [0, 0.1) is 0 Å². The molecule has 0 radical (unpaired) electrons. The van der Waals surface area contributed by atoms with Gasteiger partial charge < -0.3 is 10.1 Å². The minimum Gasteiger partial charge on any atom is -0.480 e. The van der Waals surface area contributed by atoms with Crippen LogP contribution in [0.5, 0.6) is 5.75 Å². The van der Waals surface area contributed by atoms with Crippen LogP contribution >= 0.6 is 11.3 Å². The predicted molar refractivity (Wildman–Crippen MR) is 97.1 cm³/mol. The third-order valence-electron chi connectivity index (χ3n) is 4.36. The highest BCUT2D eigenvalue weighted by molar-refractivity contribution is 7.15. The van der Waals surface area contributed by atoms with E-state index in [1.54, 1.807) is 6.20 Å². The quantitative estimate of drug-likeness (QED) is 0.797. The number of alkyl halides is 3. The summed E-state index contributed by atoms with van der Waals surface area (Å²) in [6.45, 7) is 3.31. The number of para-hydroxylation sites is 1. The number of thiazole rings is 1. The summed E-state index contributed by atoms with van der Waals surface area (Å²) in [5.41, 5.74) is -0.910. The molecule has 1 atom stereocenters. The van der Waals surface area contributed by atoms with Crippen LogP contribution in [0.1, 0.15) is 36.1 Å². The molecule has 1 aliphatic rings. The maximum Gasteiger partial charge on any atom is 0.419 e. The van der Waals surface area contributed by atoms with Crippen molar-refractivity contribution in [3.05, 3.63) is 40.9 Å². The Morgan fingerprint density at radius 1 is 1.33 bits per heavy atom. The molecule has 146 valence electrons. The van der Waals surface area contributed by atoms with Crippen LogP contribution in [0.15, 0.2) is 30.5 Å². The highest BCUT2D eigenvalue weighted by Crippen LogP contribution is 2.36. The highest BCUT2D eigenvalue weighted by atomic mass is 32.1. The van der Waals surface area contributed by atoms with Crippen molar-refractivity contribution in [1.29, 1.82) is 0 Å². The van der Waals surface area contributed by atoms with E-state index in [1.807, 2.05) is 0 Å². The Morgan fingerprint density at radius 2 is 2.04 bits per heavy atom. The van der Waals surface area contributed by atoms with Gasteiger partial charge in [0, 0.05) is 11.1 Å². The number of nitrogens with zero attached hydrogens (tertiary/aromatic N) is 1. The molecule has 2 aromatic rings. The number of nitrogens with one attached hydrogen (secondary N) is 2. The second-order valence-corrected chi connectivity index (χ2v) is 7.40. The van der Waals surface area contributed by atoms with Gasteiger partial charge >= 0.3 is 6.18 Å². The Morgan fingerprint density at radius 3 is 2.74 bits per heavy atom. The second kappa shape index (κ2) is 8.26. The molecule has 2 N–H and O–H groups in total. The SMILES string of the molecule is CC(Oc1ccccc1C(F)(F)F)C(=O)Nc1ncc(C2CCNCC2)s1.